The predicted octanol–water partition coefficient (Wildman–Crippen LogP) is 0.679. The van der Waals surface area contributed by atoms with E-state index in [1.807, 2.05) is 30.3 Å². The van der Waals surface area contributed by atoms with Gasteiger partial charge in [-0.25, -0.2) is 0 Å². The molecule has 0 aliphatic rings. The summed E-state index contributed by atoms with van der Waals surface area (Å²) in [7, 11) is 0. The second-order valence-corrected chi connectivity index (χ2v) is 3.37. The minimum atomic E-state index is -0.265. The normalized spacial score (nSPS) is 12.4. The highest BCUT2D eigenvalue weighted by Crippen LogP contribution is 2.10. The van der Waals surface area contributed by atoms with Gasteiger partial charge in [0.05, 0.1) is 0 Å². The predicted molar refractivity (Wildman–Crippen MR) is 56.5 cm³/mol. The molecule has 4 N–H and O–H groups in total. The third-order valence-corrected chi connectivity index (χ3v) is 2.24. The van der Waals surface area contributed by atoms with E-state index in [9.17, 15) is 4.79 Å². The van der Waals surface area contributed by atoms with E-state index in [1.165, 1.54) is 0 Å². The van der Waals surface area contributed by atoms with Crippen molar-refractivity contribution in [3.63, 3.8) is 0 Å². The van der Waals surface area contributed by atoms with Gasteiger partial charge in [-0.05, 0) is 24.9 Å². The van der Waals surface area contributed by atoms with Crippen LogP contribution in [0.25, 0.3) is 0 Å². The molecular weight excluding hydrogens is 176 g/mol. The summed E-state index contributed by atoms with van der Waals surface area (Å²) >= 11 is 0. The summed E-state index contributed by atoms with van der Waals surface area (Å²) in [5.74, 6) is -0.401. The van der Waals surface area contributed by atoms with Gasteiger partial charge in [-0.1, -0.05) is 30.3 Å². The molecule has 1 unspecified atom stereocenters. The van der Waals surface area contributed by atoms with Gasteiger partial charge in [0.1, 0.15) is 0 Å². The molecule has 1 atom stereocenters. The van der Waals surface area contributed by atoms with Gasteiger partial charge in [0.25, 0.3) is 0 Å². The summed E-state index contributed by atoms with van der Waals surface area (Å²) < 4.78 is 0. The van der Waals surface area contributed by atoms with Crippen LogP contribution in [-0.2, 0) is 11.2 Å². The number of hydrogen-bond acceptors (Lipinski definition) is 2. The standard InChI is InChI=1S/C11H16N2O/c12-7-6-10(11(13)14)8-9-4-2-1-3-5-9/h1-5,10H,6-8,12H2,(H2,13,14). The maximum Gasteiger partial charge on any atom is 0.220 e. The lowest BCUT2D eigenvalue weighted by atomic mass is 9.96. The number of nitrogens with two attached hydrogens (primary N) is 2. The molecular formula is C11H16N2O. The lowest BCUT2D eigenvalue weighted by molar-refractivity contribution is -0.121. The van der Waals surface area contributed by atoms with Gasteiger partial charge < -0.3 is 11.5 Å². The van der Waals surface area contributed by atoms with E-state index in [0.717, 1.165) is 5.56 Å². The zero-order valence-electron chi connectivity index (χ0n) is 8.15. The number of hydrogen-bond donors (Lipinski definition) is 2. The third kappa shape index (κ3) is 3.18. The summed E-state index contributed by atoms with van der Waals surface area (Å²) in [6, 6.07) is 9.84. The van der Waals surface area contributed by atoms with E-state index < -0.39 is 0 Å². The van der Waals surface area contributed by atoms with Crippen LogP contribution in [0, 0.1) is 5.92 Å². The fourth-order valence-electron chi connectivity index (χ4n) is 1.44. The number of carbonyl (C=O) groups excluding carboxylic acids is 1. The molecule has 1 aromatic rings. The highest BCUT2D eigenvalue weighted by Gasteiger charge is 2.14. The van der Waals surface area contributed by atoms with E-state index in [2.05, 4.69) is 0 Å². The first-order chi connectivity index (χ1) is 6.74. The molecule has 0 bridgehead atoms. The molecule has 14 heavy (non-hydrogen) atoms. The van der Waals surface area contributed by atoms with Crippen LogP contribution in [0.15, 0.2) is 30.3 Å². The largest absolute Gasteiger partial charge is 0.369 e. The second-order valence-electron chi connectivity index (χ2n) is 3.37. The van der Waals surface area contributed by atoms with Gasteiger partial charge in [-0.2, -0.15) is 0 Å². The molecule has 0 saturated carbocycles. The average molecular weight is 192 g/mol. The minimum absolute atomic E-state index is 0.137. The molecule has 1 aromatic carbocycles. The number of primary amides is 1. The van der Waals surface area contributed by atoms with Crippen molar-refractivity contribution < 1.29 is 4.79 Å². The van der Waals surface area contributed by atoms with E-state index in [1.54, 1.807) is 0 Å². The van der Waals surface area contributed by atoms with Gasteiger partial charge in [-0.3, -0.25) is 4.79 Å². The van der Waals surface area contributed by atoms with Crippen LogP contribution in [0.4, 0.5) is 0 Å². The smallest absolute Gasteiger partial charge is 0.220 e. The first-order valence-electron chi connectivity index (χ1n) is 4.77. The second kappa shape index (κ2) is 5.40. The van der Waals surface area contributed by atoms with Gasteiger partial charge >= 0.3 is 0 Å². The minimum Gasteiger partial charge on any atom is -0.369 e. The van der Waals surface area contributed by atoms with E-state index in [-0.39, 0.29) is 11.8 Å². The molecule has 0 aliphatic heterocycles. The molecule has 0 saturated heterocycles. The van der Waals surface area contributed by atoms with Crippen molar-refractivity contribution in [1.82, 2.24) is 0 Å². The molecule has 0 aliphatic carbocycles. The molecule has 3 heteroatoms. The monoisotopic (exact) mass is 192 g/mol. The molecule has 3 nitrogen and oxygen atoms in total. The molecule has 76 valence electrons. The van der Waals surface area contributed by atoms with Crippen LogP contribution >= 0.6 is 0 Å². The third-order valence-electron chi connectivity index (χ3n) is 2.24. The van der Waals surface area contributed by atoms with E-state index in [4.69, 9.17) is 11.5 Å². The summed E-state index contributed by atoms with van der Waals surface area (Å²) in [6.45, 7) is 0.500. The zero-order valence-corrected chi connectivity index (χ0v) is 8.15. The fraction of sp³-hybridized carbons (Fsp3) is 0.364. The van der Waals surface area contributed by atoms with Crippen molar-refractivity contribution in [3.8, 4) is 0 Å². The van der Waals surface area contributed by atoms with Crippen LogP contribution in [-0.4, -0.2) is 12.5 Å². The number of benzene rings is 1. The van der Waals surface area contributed by atoms with Crippen LogP contribution in [0.3, 0.4) is 0 Å². The molecule has 1 amide bonds. The van der Waals surface area contributed by atoms with Crippen molar-refractivity contribution in [2.45, 2.75) is 12.8 Å². The Bertz CT molecular complexity index is 285. The van der Waals surface area contributed by atoms with Gasteiger partial charge in [0, 0.05) is 5.92 Å². The first kappa shape index (κ1) is 10.7. The number of rotatable bonds is 5. The van der Waals surface area contributed by atoms with Crippen LogP contribution in [0.1, 0.15) is 12.0 Å². The van der Waals surface area contributed by atoms with Gasteiger partial charge in [0.2, 0.25) is 5.91 Å². The first-order valence-corrected chi connectivity index (χ1v) is 4.77. The van der Waals surface area contributed by atoms with Gasteiger partial charge in [-0.15, -0.1) is 0 Å². The summed E-state index contributed by atoms with van der Waals surface area (Å²) in [4.78, 5) is 11.1. The summed E-state index contributed by atoms with van der Waals surface area (Å²) in [5.41, 5.74) is 11.8. The topological polar surface area (TPSA) is 69.1 Å². The average Bonchev–Trinajstić information content (AvgIpc) is 2.18. The van der Waals surface area contributed by atoms with E-state index in [0.29, 0.717) is 19.4 Å². The van der Waals surface area contributed by atoms with Crippen molar-refractivity contribution in [2.75, 3.05) is 6.54 Å². The van der Waals surface area contributed by atoms with E-state index >= 15 is 0 Å². The van der Waals surface area contributed by atoms with Crippen molar-refractivity contribution in [3.05, 3.63) is 35.9 Å². The van der Waals surface area contributed by atoms with Crippen LogP contribution < -0.4 is 11.5 Å². The Morgan fingerprint density at radius 3 is 2.43 bits per heavy atom. The summed E-state index contributed by atoms with van der Waals surface area (Å²) in [6.07, 6.45) is 1.34. The molecule has 1 rings (SSSR count). The van der Waals surface area contributed by atoms with Crippen molar-refractivity contribution >= 4 is 5.91 Å². The Morgan fingerprint density at radius 1 is 1.29 bits per heavy atom. The lowest BCUT2D eigenvalue weighted by Gasteiger charge is -2.11. The summed E-state index contributed by atoms with van der Waals surface area (Å²) in [5, 5.41) is 0. The maximum absolute atomic E-state index is 11.1. The zero-order chi connectivity index (χ0) is 10.4. The Morgan fingerprint density at radius 2 is 1.93 bits per heavy atom. The molecule has 0 aromatic heterocycles. The fourth-order valence-corrected chi connectivity index (χ4v) is 1.44. The SMILES string of the molecule is NCCC(Cc1ccccc1)C(N)=O. The molecule has 0 heterocycles. The molecule has 0 spiro atoms. The van der Waals surface area contributed by atoms with Crippen molar-refractivity contribution in [2.24, 2.45) is 17.4 Å². The lowest BCUT2D eigenvalue weighted by Crippen LogP contribution is -2.27. The Balaban J connectivity index is 2.60. The quantitative estimate of drug-likeness (QED) is 0.720. The Hall–Kier alpha value is -1.35. The highest BCUT2D eigenvalue weighted by atomic mass is 16.1. The van der Waals surface area contributed by atoms with Crippen LogP contribution in [0.5, 0.6) is 0 Å². The van der Waals surface area contributed by atoms with Gasteiger partial charge in [0.15, 0.2) is 0 Å². The van der Waals surface area contributed by atoms with Crippen molar-refractivity contribution in [1.29, 1.82) is 0 Å². The number of amides is 1. The Kier molecular flexibility index (Phi) is 4.13. The number of carbonyl (C=O) groups is 1. The molecule has 0 fully saturated rings. The Labute approximate surface area is 84.1 Å². The maximum atomic E-state index is 11.1. The molecule has 0 radical (unpaired) electrons. The highest BCUT2D eigenvalue weighted by molar-refractivity contribution is 5.76. The van der Waals surface area contributed by atoms with Crippen LogP contribution in [0.2, 0.25) is 0 Å².